The van der Waals surface area contributed by atoms with Crippen LogP contribution in [0.2, 0.25) is 0 Å². The molecular formula is C37H41NO6S. The van der Waals surface area contributed by atoms with Gasteiger partial charge in [-0.3, -0.25) is 4.79 Å². The number of para-hydroxylation sites is 1. The number of methoxy groups -OCH3 is 1. The molecule has 236 valence electrons. The minimum absolute atomic E-state index is 0. The highest BCUT2D eigenvalue weighted by atomic mass is 32.2. The number of dihydropyridines is 1. The first-order valence-electron chi connectivity index (χ1n) is 15.3. The van der Waals surface area contributed by atoms with Crippen LogP contribution in [0.1, 0.15) is 74.7 Å². The highest BCUT2D eigenvalue weighted by Gasteiger charge is 2.42. The second-order valence-electron chi connectivity index (χ2n) is 11.3. The quantitative estimate of drug-likeness (QED) is 0.281. The van der Waals surface area contributed by atoms with Gasteiger partial charge in [0.1, 0.15) is 12.4 Å². The predicted molar refractivity (Wildman–Crippen MR) is 178 cm³/mol. The van der Waals surface area contributed by atoms with Crippen molar-refractivity contribution in [2.45, 2.75) is 63.4 Å². The van der Waals surface area contributed by atoms with Gasteiger partial charge in [0.05, 0.1) is 17.6 Å². The minimum atomic E-state index is -3.41. The number of nitrogens with one attached hydrogen (secondary N) is 1. The first-order chi connectivity index (χ1) is 21.7. The molecule has 0 spiro atoms. The fraction of sp³-hybridized carbons (Fsp3) is 0.297. The fourth-order valence-corrected chi connectivity index (χ4v) is 7.20. The fourth-order valence-electron chi connectivity index (χ4n) is 6.51. The number of carbonyl (C=O) groups is 2. The number of hydrogen-bond donors (Lipinski definition) is 1. The number of carbonyl (C=O) groups excluding carboxylic acids is 2. The molecule has 1 heterocycles. The van der Waals surface area contributed by atoms with Gasteiger partial charge in [0.15, 0.2) is 15.6 Å². The van der Waals surface area contributed by atoms with E-state index in [0.717, 1.165) is 46.4 Å². The normalized spacial score (nSPS) is 18.8. The second kappa shape index (κ2) is 13.3. The Kier molecular flexibility index (Phi) is 9.44. The molecule has 2 atom stereocenters. The molecule has 1 unspecified atom stereocenters. The van der Waals surface area contributed by atoms with E-state index in [2.05, 4.69) is 23.5 Å². The molecule has 6 rings (SSSR count). The number of ether oxygens (including phenoxy) is 2. The van der Waals surface area contributed by atoms with Gasteiger partial charge in [-0.25, -0.2) is 13.2 Å². The van der Waals surface area contributed by atoms with Crippen LogP contribution in [0.3, 0.4) is 0 Å². The number of allylic oxidation sites excluding steroid dienone is 4. The Morgan fingerprint density at radius 2 is 1.73 bits per heavy atom. The summed E-state index contributed by atoms with van der Waals surface area (Å²) < 4.78 is 35.5. The van der Waals surface area contributed by atoms with E-state index in [0.29, 0.717) is 35.2 Å². The number of sulfone groups is 1. The van der Waals surface area contributed by atoms with Crippen molar-refractivity contribution in [3.8, 4) is 5.75 Å². The summed E-state index contributed by atoms with van der Waals surface area (Å²) >= 11 is 0. The number of fused-ring (bicyclic) bond motifs is 1. The van der Waals surface area contributed by atoms with Crippen molar-refractivity contribution in [1.82, 2.24) is 5.32 Å². The van der Waals surface area contributed by atoms with Crippen LogP contribution in [-0.4, -0.2) is 33.5 Å². The first-order valence-corrected chi connectivity index (χ1v) is 17.2. The lowest BCUT2D eigenvalue weighted by molar-refractivity contribution is -0.140. The minimum Gasteiger partial charge on any atom is -0.496 e. The number of hydrogen-bond acceptors (Lipinski definition) is 7. The second-order valence-corrected chi connectivity index (χ2v) is 13.3. The van der Waals surface area contributed by atoms with E-state index in [1.165, 1.54) is 12.1 Å². The molecule has 45 heavy (non-hydrogen) atoms. The zero-order valence-electron chi connectivity index (χ0n) is 26.3. The molecule has 3 aromatic rings. The number of esters is 1. The van der Waals surface area contributed by atoms with Gasteiger partial charge in [0, 0.05) is 42.9 Å². The molecule has 0 bridgehead atoms. The highest BCUT2D eigenvalue weighted by molar-refractivity contribution is 7.90. The van der Waals surface area contributed by atoms with Crippen LogP contribution >= 0.6 is 0 Å². The van der Waals surface area contributed by atoms with E-state index < -0.39 is 21.7 Å². The maximum atomic E-state index is 14.1. The van der Waals surface area contributed by atoms with E-state index in [1.807, 2.05) is 57.2 Å². The third kappa shape index (κ3) is 6.38. The molecule has 1 aliphatic heterocycles. The standard InChI is InChI=1S/C35H33NO6S.C2H6.H2/c1-21-32(35(38)42-20-22-9-6-12-25(17-22)43(3,39)40)33(28-15-8-11-23-10-7-14-26(23)28)34-29(36-21)18-24(19-30(34)37)27-13-4-5-16-31(27)41-2;1-2;/h4-9,11-17,24,33,36H,10,18-20H2,1-3H3;1-2H3;1H/t24-,33?;;/m1../s1. The molecule has 0 aromatic heterocycles. The van der Waals surface area contributed by atoms with Gasteiger partial charge >= 0.3 is 5.97 Å². The molecule has 1 N–H and O–H groups in total. The Balaban J connectivity index is 0.00000157. The summed E-state index contributed by atoms with van der Waals surface area (Å²) in [6.07, 6.45) is 6.98. The first kappa shape index (κ1) is 32.0. The van der Waals surface area contributed by atoms with Crippen LogP contribution in [0, 0.1) is 0 Å². The van der Waals surface area contributed by atoms with Crippen molar-refractivity contribution in [3.63, 3.8) is 0 Å². The molecule has 3 aromatic carbocycles. The Labute approximate surface area is 267 Å². The van der Waals surface area contributed by atoms with Gasteiger partial charge in [0.2, 0.25) is 0 Å². The lowest BCUT2D eigenvalue weighted by Gasteiger charge is -2.37. The molecule has 0 amide bonds. The number of Topliss-reactive ketones (excluding diaryl/α,β-unsaturated/α-hetero) is 1. The van der Waals surface area contributed by atoms with E-state index in [1.54, 1.807) is 19.2 Å². The molecule has 0 radical (unpaired) electrons. The lowest BCUT2D eigenvalue weighted by Crippen LogP contribution is -2.36. The van der Waals surface area contributed by atoms with Crippen molar-refractivity contribution >= 4 is 27.7 Å². The van der Waals surface area contributed by atoms with Crippen molar-refractivity contribution < 1.29 is 28.9 Å². The SMILES string of the molecule is CC.COc1ccccc1[C@H]1CC(=O)C2=C(C1)NC(C)=C(C(=O)OCc1cccc(S(C)(=O)=O)c1)C2c1cccc2c1C=CC2.[HH]. The number of benzene rings is 3. The maximum Gasteiger partial charge on any atom is 0.337 e. The average Bonchev–Trinajstić information content (AvgIpc) is 3.53. The van der Waals surface area contributed by atoms with Crippen LogP contribution < -0.4 is 10.1 Å². The van der Waals surface area contributed by atoms with Crippen molar-refractivity contribution in [1.29, 1.82) is 0 Å². The monoisotopic (exact) mass is 627 g/mol. The van der Waals surface area contributed by atoms with Gasteiger partial charge in [-0.1, -0.05) is 74.5 Å². The summed E-state index contributed by atoms with van der Waals surface area (Å²) in [5.74, 6) is -0.493. The van der Waals surface area contributed by atoms with Gasteiger partial charge in [-0.2, -0.15) is 0 Å². The summed E-state index contributed by atoms with van der Waals surface area (Å²) in [6.45, 7) is 5.74. The van der Waals surface area contributed by atoms with Gasteiger partial charge in [0.25, 0.3) is 0 Å². The van der Waals surface area contributed by atoms with Crippen molar-refractivity contribution in [3.05, 3.63) is 123 Å². The smallest absolute Gasteiger partial charge is 0.337 e. The summed E-state index contributed by atoms with van der Waals surface area (Å²) in [5.41, 5.74) is 7.04. The van der Waals surface area contributed by atoms with Gasteiger partial charge < -0.3 is 14.8 Å². The van der Waals surface area contributed by atoms with Crippen molar-refractivity contribution in [2.24, 2.45) is 0 Å². The molecule has 8 heteroatoms. The largest absolute Gasteiger partial charge is 0.496 e. The topological polar surface area (TPSA) is 98.8 Å². The molecule has 0 saturated carbocycles. The zero-order valence-corrected chi connectivity index (χ0v) is 27.2. The van der Waals surface area contributed by atoms with Crippen LogP contribution in [0.15, 0.2) is 100 Å². The molecule has 3 aliphatic rings. The lowest BCUT2D eigenvalue weighted by atomic mass is 9.70. The van der Waals surface area contributed by atoms with Crippen LogP contribution in [0.5, 0.6) is 5.75 Å². The molecule has 7 nitrogen and oxygen atoms in total. The summed E-state index contributed by atoms with van der Waals surface area (Å²) in [4.78, 5) is 28.1. The third-order valence-corrected chi connectivity index (χ3v) is 9.60. The average molecular weight is 628 g/mol. The van der Waals surface area contributed by atoms with Crippen molar-refractivity contribution in [2.75, 3.05) is 13.4 Å². The summed E-state index contributed by atoms with van der Waals surface area (Å²) in [5, 5.41) is 3.41. The van der Waals surface area contributed by atoms with Crippen LogP contribution in [0.25, 0.3) is 6.08 Å². The summed E-state index contributed by atoms with van der Waals surface area (Å²) in [7, 11) is -1.78. The zero-order chi connectivity index (χ0) is 32.3. The summed E-state index contributed by atoms with van der Waals surface area (Å²) in [6, 6.07) is 20.2. The van der Waals surface area contributed by atoms with Gasteiger partial charge in [-0.05, 0) is 65.8 Å². The number of ketones is 1. The maximum absolute atomic E-state index is 14.1. The van der Waals surface area contributed by atoms with Gasteiger partial charge in [-0.15, -0.1) is 0 Å². The Hall–Kier alpha value is -4.43. The molecule has 0 saturated heterocycles. The third-order valence-electron chi connectivity index (χ3n) is 8.49. The van der Waals surface area contributed by atoms with Crippen LogP contribution in [0.4, 0.5) is 0 Å². The highest BCUT2D eigenvalue weighted by Crippen LogP contribution is 2.48. The van der Waals surface area contributed by atoms with Crippen LogP contribution in [-0.2, 0) is 37.2 Å². The predicted octanol–water partition coefficient (Wildman–Crippen LogP) is 7.05. The molecule has 0 fully saturated rings. The van der Waals surface area contributed by atoms with E-state index in [9.17, 15) is 18.0 Å². The molecule has 2 aliphatic carbocycles. The van der Waals surface area contributed by atoms with E-state index in [-0.39, 0.29) is 24.6 Å². The number of rotatable bonds is 7. The van der Waals surface area contributed by atoms with E-state index >= 15 is 0 Å². The Morgan fingerprint density at radius 3 is 2.49 bits per heavy atom. The molecular weight excluding hydrogens is 586 g/mol. The van der Waals surface area contributed by atoms with E-state index in [4.69, 9.17) is 9.47 Å². The Morgan fingerprint density at radius 1 is 1.00 bits per heavy atom. The Bertz CT molecular complexity index is 1860.